The first kappa shape index (κ1) is 24.6. The van der Waals surface area contributed by atoms with Gasteiger partial charge in [0.2, 0.25) is 27.6 Å². The molecule has 0 aliphatic carbocycles. The minimum Gasteiger partial charge on any atom is -0.337 e. The van der Waals surface area contributed by atoms with Gasteiger partial charge in [-0.2, -0.15) is 9.29 Å². The summed E-state index contributed by atoms with van der Waals surface area (Å²) < 4.78 is 33.3. The minimum absolute atomic E-state index is 0.0475. The first-order chi connectivity index (χ1) is 16.3. The van der Waals surface area contributed by atoms with Crippen LogP contribution in [0.25, 0.3) is 10.7 Å². The van der Waals surface area contributed by atoms with E-state index in [0.717, 1.165) is 16.9 Å². The van der Waals surface area contributed by atoms with Crippen LogP contribution in [0, 0.1) is 12.8 Å². The smallest absolute Gasteiger partial charge is 0.246 e. The van der Waals surface area contributed by atoms with Crippen molar-refractivity contribution in [1.29, 1.82) is 0 Å². The lowest BCUT2D eigenvalue weighted by Crippen LogP contribution is -2.48. The number of carbonyl (C=O) groups excluding carboxylic acids is 1. The van der Waals surface area contributed by atoms with Crippen LogP contribution in [0.2, 0.25) is 0 Å². The van der Waals surface area contributed by atoms with Crippen molar-refractivity contribution >= 4 is 27.3 Å². The fourth-order valence-corrected chi connectivity index (χ4v) is 6.27. The normalized spacial score (nSPS) is 18.0. The van der Waals surface area contributed by atoms with E-state index in [1.165, 1.54) is 15.6 Å². The Morgan fingerprint density at radius 3 is 2.74 bits per heavy atom. The van der Waals surface area contributed by atoms with Gasteiger partial charge in [-0.15, -0.1) is 11.3 Å². The topological polar surface area (TPSA) is 96.6 Å². The molecule has 34 heavy (non-hydrogen) atoms. The third-order valence-corrected chi connectivity index (χ3v) is 9.06. The Hall–Kier alpha value is -2.56. The summed E-state index contributed by atoms with van der Waals surface area (Å²) in [4.78, 5) is 21.0. The van der Waals surface area contributed by atoms with Gasteiger partial charge < -0.3 is 9.42 Å². The van der Waals surface area contributed by atoms with Crippen molar-refractivity contribution in [3.63, 3.8) is 0 Å². The summed E-state index contributed by atoms with van der Waals surface area (Å²) >= 11 is 1.52. The van der Waals surface area contributed by atoms with Crippen molar-refractivity contribution < 1.29 is 17.7 Å². The Morgan fingerprint density at radius 2 is 2.06 bits per heavy atom. The zero-order valence-electron chi connectivity index (χ0n) is 19.7. The largest absolute Gasteiger partial charge is 0.337 e. The van der Waals surface area contributed by atoms with Gasteiger partial charge in [0.1, 0.15) is 6.54 Å². The second-order valence-corrected chi connectivity index (χ2v) is 11.6. The fraction of sp³-hybridized carbons (Fsp3) is 0.458. The van der Waals surface area contributed by atoms with Crippen LogP contribution in [-0.2, 0) is 21.4 Å². The summed E-state index contributed by atoms with van der Waals surface area (Å²) in [7, 11) is -3.65. The SMILES string of the molecule is CCC(C)N(Cc1nc(-c2cccs2)no1)C(=O)C1CCCN(S(=O)(=O)c2ccc(C)cc2)C1. The fourth-order valence-electron chi connectivity index (χ4n) is 4.10. The van der Waals surface area contributed by atoms with Crippen molar-refractivity contribution in [1.82, 2.24) is 19.3 Å². The standard InChI is InChI=1S/C24H30N4O4S2/c1-4-18(3)28(16-22-25-23(26-32-22)21-8-6-14-33-21)24(29)19-7-5-13-27(15-19)34(30,31)20-11-9-17(2)10-12-20/h6,8-12,14,18-19H,4-5,7,13,15-16H2,1-3H3. The molecular formula is C24H30N4O4S2. The molecule has 0 bridgehead atoms. The van der Waals surface area contributed by atoms with Gasteiger partial charge in [-0.3, -0.25) is 4.79 Å². The second-order valence-electron chi connectivity index (χ2n) is 8.73. The Morgan fingerprint density at radius 1 is 1.29 bits per heavy atom. The molecule has 2 atom stereocenters. The molecule has 1 saturated heterocycles. The summed E-state index contributed by atoms with van der Waals surface area (Å²) in [6.07, 6.45) is 2.05. The lowest BCUT2D eigenvalue weighted by molar-refractivity contribution is -0.140. The molecule has 2 aromatic heterocycles. The number of hydrogen-bond donors (Lipinski definition) is 0. The van der Waals surface area contributed by atoms with Gasteiger partial charge in [-0.05, 0) is 56.7 Å². The highest BCUT2D eigenvalue weighted by molar-refractivity contribution is 7.89. The van der Waals surface area contributed by atoms with Crippen molar-refractivity contribution in [2.75, 3.05) is 13.1 Å². The molecule has 0 spiro atoms. The second kappa shape index (κ2) is 10.4. The zero-order chi connectivity index (χ0) is 24.3. The van der Waals surface area contributed by atoms with Crippen molar-refractivity contribution in [3.05, 3.63) is 53.2 Å². The first-order valence-corrected chi connectivity index (χ1v) is 13.8. The van der Waals surface area contributed by atoms with Crippen LogP contribution in [0.3, 0.4) is 0 Å². The van der Waals surface area contributed by atoms with E-state index in [1.54, 1.807) is 29.2 Å². The summed E-state index contributed by atoms with van der Waals surface area (Å²) in [5.41, 5.74) is 0.998. The molecule has 1 aliphatic rings. The van der Waals surface area contributed by atoms with Gasteiger partial charge in [0.05, 0.1) is 15.7 Å². The van der Waals surface area contributed by atoms with E-state index in [2.05, 4.69) is 10.1 Å². The van der Waals surface area contributed by atoms with Gasteiger partial charge >= 0.3 is 0 Å². The third kappa shape index (κ3) is 5.24. The number of amides is 1. The van der Waals surface area contributed by atoms with Gasteiger partial charge in [-0.25, -0.2) is 8.42 Å². The van der Waals surface area contributed by atoms with Crippen molar-refractivity contribution in [2.45, 2.75) is 57.5 Å². The number of hydrogen-bond acceptors (Lipinski definition) is 7. The number of piperidine rings is 1. The van der Waals surface area contributed by atoms with Crippen LogP contribution in [0.5, 0.6) is 0 Å². The number of aromatic nitrogens is 2. The predicted molar refractivity (Wildman–Crippen MR) is 131 cm³/mol. The van der Waals surface area contributed by atoms with E-state index in [4.69, 9.17) is 4.52 Å². The maximum absolute atomic E-state index is 13.6. The van der Waals surface area contributed by atoms with Crippen LogP contribution in [0.15, 0.2) is 51.2 Å². The van der Waals surface area contributed by atoms with Crippen LogP contribution in [0.1, 0.15) is 44.6 Å². The van der Waals surface area contributed by atoms with Crippen LogP contribution in [-0.4, -0.2) is 52.8 Å². The number of rotatable bonds is 8. The molecule has 1 amide bonds. The molecule has 0 N–H and O–H groups in total. The zero-order valence-corrected chi connectivity index (χ0v) is 21.3. The van der Waals surface area contributed by atoms with E-state index < -0.39 is 15.9 Å². The highest BCUT2D eigenvalue weighted by Crippen LogP contribution is 2.27. The number of benzene rings is 1. The minimum atomic E-state index is -3.65. The molecule has 0 saturated carbocycles. The molecular weight excluding hydrogens is 472 g/mol. The number of sulfonamides is 1. The molecule has 1 aromatic carbocycles. The monoisotopic (exact) mass is 502 g/mol. The number of carbonyl (C=O) groups is 1. The Labute approximate surface area is 204 Å². The number of aryl methyl sites for hydroxylation is 1. The van der Waals surface area contributed by atoms with Gasteiger partial charge in [-0.1, -0.05) is 35.8 Å². The quantitative estimate of drug-likeness (QED) is 0.455. The average molecular weight is 503 g/mol. The predicted octanol–water partition coefficient (Wildman–Crippen LogP) is 4.33. The van der Waals surface area contributed by atoms with Crippen LogP contribution in [0.4, 0.5) is 0 Å². The summed E-state index contributed by atoms with van der Waals surface area (Å²) in [5, 5.41) is 6.00. The van der Waals surface area contributed by atoms with E-state index in [9.17, 15) is 13.2 Å². The average Bonchev–Trinajstić information content (AvgIpc) is 3.54. The highest BCUT2D eigenvalue weighted by atomic mass is 32.2. The van der Waals surface area contributed by atoms with Gasteiger partial charge in [0.15, 0.2) is 0 Å². The molecule has 3 heterocycles. The van der Waals surface area contributed by atoms with E-state index in [-0.39, 0.29) is 29.9 Å². The van der Waals surface area contributed by atoms with Crippen molar-refractivity contribution in [2.24, 2.45) is 5.92 Å². The van der Waals surface area contributed by atoms with E-state index in [0.29, 0.717) is 31.1 Å². The molecule has 182 valence electrons. The maximum atomic E-state index is 13.6. The van der Waals surface area contributed by atoms with Crippen molar-refractivity contribution in [3.8, 4) is 10.7 Å². The lowest BCUT2D eigenvalue weighted by Gasteiger charge is -2.36. The molecule has 8 nitrogen and oxygen atoms in total. The van der Waals surface area contributed by atoms with Crippen LogP contribution < -0.4 is 0 Å². The molecule has 1 fully saturated rings. The Kier molecular flexibility index (Phi) is 7.49. The molecule has 10 heteroatoms. The van der Waals surface area contributed by atoms with E-state index in [1.807, 2.05) is 38.3 Å². The summed E-state index contributed by atoms with van der Waals surface area (Å²) in [6.45, 7) is 6.71. The lowest BCUT2D eigenvalue weighted by atomic mass is 9.97. The Bertz CT molecular complexity index is 1210. The molecule has 4 rings (SSSR count). The number of thiophene rings is 1. The number of nitrogens with zero attached hydrogens (tertiary/aromatic N) is 4. The van der Waals surface area contributed by atoms with E-state index >= 15 is 0 Å². The maximum Gasteiger partial charge on any atom is 0.246 e. The third-order valence-electron chi connectivity index (χ3n) is 6.31. The highest BCUT2D eigenvalue weighted by Gasteiger charge is 2.36. The van der Waals surface area contributed by atoms with Gasteiger partial charge in [0, 0.05) is 19.1 Å². The molecule has 1 aliphatic heterocycles. The van der Waals surface area contributed by atoms with Crippen LogP contribution >= 0.6 is 11.3 Å². The Balaban J connectivity index is 1.50. The van der Waals surface area contributed by atoms with Gasteiger partial charge in [0.25, 0.3) is 0 Å². The summed E-state index contributed by atoms with van der Waals surface area (Å²) in [5.74, 6) is 0.392. The molecule has 2 unspecified atom stereocenters. The first-order valence-electron chi connectivity index (χ1n) is 11.5. The summed E-state index contributed by atoms with van der Waals surface area (Å²) in [6, 6.07) is 10.6. The molecule has 3 aromatic rings. The molecule has 0 radical (unpaired) electrons.